The van der Waals surface area contributed by atoms with Crippen LogP contribution in [0.4, 0.5) is 11.4 Å². The minimum Gasteiger partial charge on any atom is -0.454 e. The number of rotatable bonds is 9. The molecule has 2 aromatic rings. The molecule has 0 fully saturated rings. The van der Waals surface area contributed by atoms with Gasteiger partial charge in [-0.3, -0.25) is 14.5 Å². The number of carbonyl (C=O) groups is 2. The van der Waals surface area contributed by atoms with E-state index in [-0.39, 0.29) is 31.6 Å². The summed E-state index contributed by atoms with van der Waals surface area (Å²) in [5.41, 5.74) is 1.14. The fraction of sp³-hybridized carbons (Fsp3) is 0.333. The standard InChI is InChI=1S/C21H23Cl2N3O4/c1-2-8-26(12-21(28)25-17-5-3-14(22)10-16(17)23)9-7-20(27)24-15-4-6-18-19(11-15)30-13-29-18/h3-6,10-11H,2,7-9,12-13H2,1H3,(H,24,27)(H,25,28). The normalized spacial score (nSPS) is 12.1. The van der Waals surface area contributed by atoms with Gasteiger partial charge in [0.2, 0.25) is 18.6 Å². The molecule has 0 bridgehead atoms. The van der Waals surface area contributed by atoms with Gasteiger partial charge in [-0.05, 0) is 43.3 Å². The van der Waals surface area contributed by atoms with Gasteiger partial charge in [-0.25, -0.2) is 0 Å². The van der Waals surface area contributed by atoms with E-state index in [1.54, 1.807) is 36.4 Å². The van der Waals surface area contributed by atoms with Gasteiger partial charge in [0, 0.05) is 29.7 Å². The molecule has 9 heteroatoms. The first kappa shape index (κ1) is 22.2. The fourth-order valence-corrected chi connectivity index (χ4v) is 3.48. The van der Waals surface area contributed by atoms with E-state index in [0.717, 1.165) is 6.42 Å². The van der Waals surface area contributed by atoms with Crippen molar-refractivity contribution < 1.29 is 19.1 Å². The zero-order valence-electron chi connectivity index (χ0n) is 16.5. The molecule has 3 rings (SSSR count). The van der Waals surface area contributed by atoms with E-state index in [1.807, 2.05) is 11.8 Å². The van der Waals surface area contributed by atoms with E-state index in [1.165, 1.54) is 0 Å². The van der Waals surface area contributed by atoms with Crippen LogP contribution in [-0.4, -0.2) is 43.1 Å². The summed E-state index contributed by atoms with van der Waals surface area (Å²) in [6, 6.07) is 10.1. The second kappa shape index (κ2) is 10.5. The van der Waals surface area contributed by atoms with Crippen molar-refractivity contribution in [1.29, 1.82) is 0 Å². The molecule has 0 aromatic heterocycles. The first-order valence-corrected chi connectivity index (χ1v) is 10.4. The Hall–Kier alpha value is -2.48. The van der Waals surface area contributed by atoms with Crippen molar-refractivity contribution in [1.82, 2.24) is 4.90 Å². The van der Waals surface area contributed by atoms with Crippen molar-refractivity contribution in [2.24, 2.45) is 0 Å². The number of ether oxygens (including phenoxy) is 2. The molecule has 30 heavy (non-hydrogen) atoms. The number of fused-ring (bicyclic) bond motifs is 1. The Bertz CT molecular complexity index is 923. The topological polar surface area (TPSA) is 79.9 Å². The molecular weight excluding hydrogens is 429 g/mol. The average Bonchev–Trinajstić information content (AvgIpc) is 3.16. The predicted octanol–water partition coefficient (Wildman–Crippen LogP) is 4.40. The monoisotopic (exact) mass is 451 g/mol. The summed E-state index contributed by atoms with van der Waals surface area (Å²) in [4.78, 5) is 26.7. The summed E-state index contributed by atoms with van der Waals surface area (Å²) >= 11 is 12.0. The lowest BCUT2D eigenvalue weighted by Gasteiger charge is -2.21. The summed E-state index contributed by atoms with van der Waals surface area (Å²) in [5.74, 6) is 0.923. The zero-order chi connectivity index (χ0) is 21.5. The lowest BCUT2D eigenvalue weighted by atomic mass is 10.2. The Kier molecular flexibility index (Phi) is 7.79. The van der Waals surface area contributed by atoms with E-state index >= 15 is 0 Å². The number of benzene rings is 2. The number of halogens is 2. The molecule has 160 valence electrons. The maximum Gasteiger partial charge on any atom is 0.238 e. The Balaban J connectivity index is 1.49. The molecule has 0 aliphatic carbocycles. The SMILES string of the molecule is CCCN(CCC(=O)Nc1ccc2c(c1)OCO2)CC(=O)Nc1ccc(Cl)cc1Cl. The molecule has 1 aliphatic rings. The largest absolute Gasteiger partial charge is 0.454 e. The molecule has 2 N–H and O–H groups in total. The molecule has 0 unspecified atom stereocenters. The molecule has 0 spiro atoms. The van der Waals surface area contributed by atoms with Crippen LogP contribution in [0, 0.1) is 0 Å². The van der Waals surface area contributed by atoms with Crippen LogP contribution in [0.3, 0.4) is 0 Å². The van der Waals surface area contributed by atoms with Crippen molar-refractivity contribution in [2.75, 3.05) is 37.1 Å². The molecule has 0 atom stereocenters. The number of carbonyl (C=O) groups excluding carboxylic acids is 2. The van der Waals surface area contributed by atoms with Crippen LogP contribution in [0.1, 0.15) is 19.8 Å². The average molecular weight is 452 g/mol. The molecule has 2 amide bonds. The van der Waals surface area contributed by atoms with E-state index < -0.39 is 0 Å². The van der Waals surface area contributed by atoms with Crippen molar-refractivity contribution in [3.05, 3.63) is 46.4 Å². The highest BCUT2D eigenvalue weighted by Gasteiger charge is 2.16. The summed E-state index contributed by atoms with van der Waals surface area (Å²) in [7, 11) is 0. The molecule has 7 nitrogen and oxygen atoms in total. The molecule has 0 radical (unpaired) electrons. The number of amides is 2. The van der Waals surface area contributed by atoms with Gasteiger partial charge in [0.15, 0.2) is 11.5 Å². The number of nitrogens with zero attached hydrogens (tertiary/aromatic N) is 1. The Morgan fingerprint density at radius 1 is 1.00 bits per heavy atom. The van der Waals surface area contributed by atoms with Crippen LogP contribution in [0.25, 0.3) is 0 Å². The van der Waals surface area contributed by atoms with Gasteiger partial charge < -0.3 is 20.1 Å². The quantitative estimate of drug-likeness (QED) is 0.590. The maximum absolute atomic E-state index is 12.4. The van der Waals surface area contributed by atoms with E-state index in [9.17, 15) is 9.59 Å². The summed E-state index contributed by atoms with van der Waals surface area (Å²) in [5, 5.41) is 6.50. The minimum atomic E-state index is -0.205. The fourth-order valence-electron chi connectivity index (χ4n) is 3.03. The van der Waals surface area contributed by atoms with Crippen molar-refractivity contribution in [2.45, 2.75) is 19.8 Å². The Morgan fingerprint density at radius 3 is 2.57 bits per heavy atom. The second-order valence-corrected chi connectivity index (χ2v) is 7.66. The van der Waals surface area contributed by atoms with Gasteiger partial charge in [-0.2, -0.15) is 0 Å². The highest BCUT2D eigenvalue weighted by atomic mass is 35.5. The Labute approximate surface area is 185 Å². The third-order valence-electron chi connectivity index (χ3n) is 4.42. The highest BCUT2D eigenvalue weighted by molar-refractivity contribution is 6.36. The molecule has 1 heterocycles. The summed E-state index contributed by atoms with van der Waals surface area (Å²) in [6.07, 6.45) is 1.11. The van der Waals surface area contributed by atoms with Gasteiger partial charge in [0.25, 0.3) is 0 Å². The lowest BCUT2D eigenvalue weighted by Crippen LogP contribution is -2.36. The van der Waals surface area contributed by atoms with Crippen LogP contribution in [0.2, 0.25) is 10.0 Å². The number of hydrogen-bond acceptors (Lipinski definition) is 5. The summed E-state index contributed by atoms with van der Waals surface area (Å²) < 4.78 is 10.6. The van der Waals surface area contributed by atoms with Crippen LogP contribution >= 0.6 is 23.2 Å². The van der Waals surface area contributed by atoms with E-state index in [4.69, 9.17) is 32.7 Å². The van der Waals surface area contributed by atoms with Gasteiger partial charge in [0.1, 0.15) is 0 Å². The van der Waals surface area contributed by atoms with E-state index in [0.29, 0.717) is 46.0 Å². The van der Waals surface area contributed by atoms with E-state index in [2.05, 4.69) is 10.6 Å². The first-order valence-electron chi connectivity index (χ1n) is 9.61. The molecule has 2 aromatic carbocycles. The van der Waals surface area contributed by atoms with Gasteiger partial charge in [-0.15, -0.1) is 0 Å². The second-order valence-electron chi connectivity index (χ2n) is 6.81. The van der Waals surface area contributed by atoms with Crippen molar-refractivity contribution in [3.8, 4) is 11.5 Å². The number of nitrogens with one attached hydrogen (secondary N) is 2. The van der Waals surface area contributed by atoms with Crippen LogP contribution in [-0.2, 0) is 9.59 Å². The third kappa shape index (κ3) is 6.26. The van der Waals surface area contributed by atoms with Gasteiger partial charge in [-0.1, -0.05) is 30.1 Å². The molecular formula is C21H23Cl2N3O4. The molecule has 0 saturated carbocycles. The van der Waals surface area contributed by atoms with Gasteiger partial charge >= 0.3 is 0 Å². The number of anilines is 2. The van der Waals surface area contributed by atoms with Crippen LogP contribution in [0.5, 0.6) is 11.5 Å². The first-order chi connectivity index (χ1) is 14.4. The molecule has 0 saturated heterocycles. The van der Waals surface area contributed by atoms with Crippen molar-refractivity contribution >= 4 is 46.4 Å². The zero-order valence-corrected chi connectivity index (χ0v) is 18.1. The maximum atomic E-state index is 12.4. The minimum absolute atomic E-state index is 0.142. The number of hydrogen-bond donors (Lipinski definition) is 2. The smallest absolute Gasteiger partial charge is 0.238 e. The van der Waals surface area contributed by atoms with Crippen LogP contribution in [0.15, 0.2) is 36.4 Å². The summed E-state index contributed by atoms with van der Waals surface area (Å²) in [6.45, 7) is 3.50. The van der Waals surface area contributed by atoms with Gasteiger partial charge in [0.05, 0.1) is 17.3 Å². The Morgan fingerprint density at radius 2 is 1.80 bits per heavy atom. The lowest BCUT2D eigenvalue weighted by molar-refractivity contribution is -0.119. The third-order valence-corrected chi connectivity index (χ3v) is 4.97. The van der Waals surface area contributed by atoms with Crippen LogP contribution < -0.4 is 20.1 Å². The van der Waals surface area contributed by atoms with Crippen molar-refractivity contribution in [3.63, 3.8) is 0 Å². The molecule has 1 aliphatic heterocycles. The predicted molar refractivity (Wildman–Crippen MR) is 118 cm³/mol. The highest BCUT2D eigenvalue weighted by Crippen LogP contribution is 2.34.